The van der Waals surface area contributed by atoms with Gasteiger partial charge in [-0.3, -0.25) is 14.6 Å². The van der Waals surface area contributed by atoms with E-state index in [9.17, 15) is 4.79 Å². The minimum atomic E-state index is -0.278. The van der Waals surface area contributed by atoms with Crippen LogP contribution in [0.4, 0.5) is 5.69 Å². The molecule has 8 nitrogen and oxygen atoms in total. The van der Waals surface area contributed by atoms with Crippen molar-refractivity contribution >= 4 is 22.6 Å². The summed E-state index contributed by atoms with van der Waals surface area (Å²) in [5.41, 5.74) is 5.23. The van der Waals surface area contributed by atoms with Gasteiger partial charge in [0.2, 0.25) is 11.8 Å². The normalized spacial score (nSPS) is 24.2. The standard InChI is InChI=1S/C29H28N6O2/c1-3-26(36)32-20-5-4-6-21(13-20)37-28-22-14-23(33-27(22)30-17-31-28)19-9-7-18(8-10-19)15-35-24-11-12-29(24)25(35)16-34(29)2/h3-10,13-14,17,24-25H,1,11-12,15-16H2,2H3,(H,32,36)(H,30,31,33). The number of hydrogen-bond acceptors (Lipinski definition) is 6. The Hall–Kier alpha value is -4.01. The summed E-state index contributed by atoms with van der Waals surface area (Å²) in [5, 5.41) is 3.53. The second-order valence-electron chi connectivity index (χ2n) is 10.3. The van der Waals surface area contributed by atoms with Gasteiger partial charge in [0, 0.05) is 42.6 Å². The second kappa shape index (κ2) is 8.26. The number of aromatic nitrogens is 3. The average Bonchev–Trinajstić information content (AvgIpc) is 3.32. The number of piperazine rings is 1. The Morgan fingerprint density at radius 2 is 2.08 bits per heavy atom. The lowest BCUT2D eigenvalue weighted by Crippen LogP contribution is -2.94. The topological polar surface area (TPSA) is 86.4 Å². The first-order chi connectivity index (χ1) is 18.0. The van der Waals surface area contributed by atoms with Gasteiger partial charge in [0.1, 0.15) is 17.7 Å². The van der Waals surface area contributed by atoms with Crippen molar-refractivity contribution in [3.05, 3.63) is 79.1 Å². The molecule has 0 radical (unpaired) electrons. The van der Waals surface area contributed by atoms with Crippen LogP contribution in [-0.2, 0) is 11.3 Å². The van der Waals surface area contributed by atoms with Crippen LogP contribution in [0.25, 0.3) is 22.3 Å². The van der Waals surface area contributed by atoms with Gasteiger partial charge in [0.05, 0.1) is 10.9 Å². The summed E-state index contributed by atoms with van der Waals surface area (Å²) < 4.78 is 6.08. The molecule has 2 N–H and O–H groups in total. The van der Waals surface area contributed by atoms with Crippen LogP contribution in [0.5, 0.6) is 11.6 Å². The number of piperidine rings is 1. The zero-order chi connectivity index (χ0) is 25.1. The van der Waals surface area contributed by atoms with Crippen LogP contribution in [-0.4, -0.2) is 61.9 Å². The fraction of sp³-hybridized carbons (Fsp3) is 0.276. The van der Waals surface area contributed by atoms with E-state index in [4.69, 9.17) is 4.74 Å². The number of hydrogen-bond donors (Lipinski definition) is 2. The maximum Gasteiger partial charge on any atom is 0.247 e. The van der Waals surface area contributed by atoms with Gasteiger partial charge in [-0.15, -0.1) is 0 Å². The summed E-state index contributed by atoms with van der Waals surface area (Å²) in [6.45, 7) is 5.70. The third-order valence-electron chi connectivity index (χ3n) is 8.45. The molecule has 4 heterocycles. The van der Waals surface area contributed by atoms with Gasteiger partial charge in [0.25, 0.3) is 0 Å². The summed E-state index contributed by atoms with van der Waals surface area (Å²) >= 11 is 0. The number of carbonyl (C=O) groups is 1. The summed E-state index contributed by atoms with van der Waals surface area (Å²) in [4.78, 5) is 29.0. The highest BCUT2D eigenvalue weighted by molar-refractivity contribution is 5.99. The minimum absolute atomic E-state index is 0.278. The van der Waals surface area contributed by atoms with Crippen molar-refractivity contribution in [2.24, 2.45) is 0 Å². The second-order valence-corrected chi connectivity index (χ2v) is 10.3. The van der Waals surface area contributed by atoms with Crippen LogP contribution in [0.1, 0.15) is 18.4 Å². The van der Waals surface area contributed by atoms with E-state index in [1.165, 1.54) is 37.4 Å². The fourth-order valence-corrected chi connectivity index (χ4v) is 6.43. The van der Waals surface area contributed by atoms with E-state index in [2.05, 4.69) is 68.0 Å². The molecule has 1 amide bonds. The molecule has 3 aliphatic rings. The summed E-state index contributed by atoms with van der Waals surface area (Å²) in [6.07, 6.45) is 5.40. The van der Waals surface area contributed by atoms with E-state index < -0.39 is 0 Å². The zero-order valence-electron chi connectivity index (χ0n) is 20.6. The number of likely N-dealkylation sites (N-methyl/N-ethyl adjacent to an activating group) is 1. The third kappa shape index (κ3) is 3.40. The highest BCUT2D eigenvalue weighted by Crippen LogP contribution is 2.60. The third-order valence-corrected chi connectivity index (χ3v) is 8.45. The Bertz CT molecular complexity index is 1520. The number of carbonyl (C=O) groups excluding carboxylic acids is 1. The van der Waals surface area contributed by atoms with E-state index in [1.807, 2.05) is 18.2 Å². The van der Waals surface area contributed by atoms with Crippen LogP contribution >= 0.6 is 0 Å². The molecule has 1 aliphatic carbocycles. The average molecular weight is 493 g/mol. The van der Waals surface area contributed by atoms with Crippen molar-refractivity contribution in [1.82, 2.24) is 24.8 Å². The van der Waals surface area contributed by atoms with Gasteiger partial charge < -0.3 is 15.0 Å². The number of nitrogens with one attached hydrogen (secondary N) is 2. The maximum absolute atomic E-state index is 11.6. The minimum Gasteiger partial charge on any atom is -0.438 e. The van der Waals surface area contributed by atoms with Crippen molar-refractivity contribution < 1.29 is 9.53 Å². The number of rotatable bonds is 7. The Labute approximate surface area is 215 Å². The molecule has 2 saturated heterocycles. The number of fused-ring (bicyclic) bond motifs is 1. The van der Waals surface area contributed by atoms with E-state index in [0.717, 1.165) is 35.3 Å². The number of amides is 1. The van der Waals surface area contributed by atoms with Gasteiger partial charge in [-0.2, -0.15) is 0 Å². The SMILES string of the molecule is C=CC(=O)Nc1cccc(Oc2ncnc3[nH]c(-c4ccc(CN5C6CCC67C5CN7C)cc4)cc23)c1. The van der Waals surface area contributed by atoms with Crippen molar-refractivity contribution in [3.63, 3.8) is 0 Å². The summed E-state index contributed by atoms with van der Waals surface area (Å²) in [7, 11) is 2.27. The largest absolute Gasteiger partial charge is 0.438 e. The predicted molar refractivity (Wildman–Crippen MR) is 142 cm³/mol. The van der Waals surface area contributed by atoms with E-state index >= 15 is 0 Å². The van der Waals surface area contributed by atoms with Crippen LogP contribution in [0.15, 0.2) is 73.6 Å². The zero-order valence-corrected chi connectivity index (χ0v) is 20.6. The molecule has 186 valence electrons. The van der Waals surface area contributed by atoms with Gasteiger partial charge in [-0.1, -0.05) is 36.9 Å². The first-order valence-corrected chi connectivity index (χ1v) is 12.7. The van der Waals surface area contributed by atoms with Crippen molar-refractivity contribution in [2.45, 2.75) is 37.0 Å². The molecule has 37 heavy (non-hydrogen) atoms. The molecule has 2 aromatic heterocycles. The van der Waals surface area contributed by atoms with Crippen LogP contribution in [0, 0.1) is 0 Å². The molecule has 4 aromatic rings. The van der Waals surface area contributed by atoms with E-state index in [0.29, 0.717) is 28.5 Å². The van der Waals surface area contributed by atoms with Crippen LogP contribution in [0.3, 0.4) is 0 Å². The van der Waals surface area contributed by atoms with Crippen molar-refractivity contribution in [1.29, 1.82) is 0 Å². The Morgan fingerprint density at radius 1 is 1.22 bits per heavy atom. The molecule has 3 fully saturated rings. The first-order valence-electron chi connectivity index (χ1n) is 12.7. The van der Waals surface area contributed by atoms with E-state index in [-0.39, 0.29) is 5.91 Å². The molecule has 2 aliphatic heterocycles. The Morgan fingerprint density at radius 3 is 2.81 bits per heavy atom. The highest BCUT2D eigenvalue weighted by Gasteiger charge is 2.73. The molecular formula is C29H28N6O2. The monoisotopic (exact) mass is 492 g/mol. The summed E-state index contributed by atoms with van der Waals surface area (Å²) in [6, 6.07) is 19.4. The van der Waals surface area contributed by atoms with Gasteiger partial charge >= 0.3 is 0 Å². The Kier molecular flexibility index (Phi) is 4.96. The lowest BCUT2D eigenvalue weighted by molar-refractivity contribution is -0.288. The number of likely N-dealkylation sites (tertiary alicyclic amines) is 2. The molecule has 0 bridgehead atoms. The number of H-pyrrole nitrogens is 1. The number of anilines is 1. The lowest BCUT2D eigenvalue weighted by Gasteiger charge is -2.80. The quantitative estimate of drug-likeness (QED) is 0.368. The van der Waals surface area contributed by atoms with Crippen molar-refractivity contribution in [3.8, 4) is 22.9 Å². The van der Waals surface area contributed by atoms with Gasteiger partial charge in [-0.05, 0) is 55.3 Å². The summed E-state index contributed by atoms with van der Waals surface area (Å²) in [5.74, 6) is 0.733. The number of nitrogens with zero attached hydrogens (tertiary/aromatic N) is 4. The number of aromatic amines is 1. The molecule has 8 heteroatoms. The van der Waals surface area contributed by atoms with Crippen molar-refractivity contribution in [2.75, 3.05) is 18.9 Å². The number of ether oxygens (including phenoxy) is 1. The lowest BCUT2D eigenvalue weighted by atomic mass is 9.52. The molecule has 7 rings (SSSR count). The van der Waals surface area contributed by atoms with Gasteiger partial charge in [-0.25, -0.2) is 9.97 Å². The fourth-order valence-electron chi connectivity index (χ4n) is 6.43. The highest BCUT2D eigenvalue weighted by atomic mass is 16.5. The molecule has 1 saturated carbocycles. The number of benzene rings is 2. The molecule has 1 spiro atoms. The molecule has 3 unspecified atom stereocenters. The van der Waals surface area contributed by atoms with Gasteiger partial charge in [0.15, 0.2) is 0 Å². The van der Waals surface area contributed by atoms with Crippen LogP contribution in [0.2, 0.25) is 0 Å². The smallest absolute Gasteiger partial charge is 0.247 e. The van der Waals surface area contributed by atoms with Crippen LogP contribution < -0.4 is 10.1 Å². The molecular weight excluding hydrogens is 464 g/mol. The first kappa shape index (κ1) is 22.2. The Balaban J connectivity index is 1.08. The molecule has 2 aromatic carbocycles. The predicted octanol–water partition coefficient (Wildman–Crippen LogP) is 4.57. The molecule has 3 atom stereocenters. The van der Waals surface area contributed by atoms with E-state index in [1.54, 1.807) is 12.1 Å². The maximum atomic E-state index is 11.6.